The second-order valence-electron chi connectivity index (χ2n) is 11.2. The summed E-state index contributed by atoms with van der Waals surface area (Å²) in [6, 6.07) is 10.6. The van der Waals surface area contributed by atoms with Gasteiger partial charge in [0.1, 0.15) is 35.9 Å². The van der Waals surface area contributed by atoms with Crippen LogP contribution < -0.4 is 5.43 Å². The van der Waals surface area contributed by atoms with Gasteiger partial charge in [-0.2, -0.15) is 5.10 Å². The van der Waals surface area contributed by atoms with Crippen molar-refractivity contribution in [1.29, 1.82) is 0 Å². The number of H-pyrrole nitrogens is 2. The first-order chi connectivity index (χ1) is 21.7. The number of nitrogens with one attached hydrogen (secondary N) is 3. The second kappa shape index (κ2) is 9.73. The van der Waals surface area contributed by atoms with Crippen LogP contribution >= 0.6 is 0 Å². The van der Waals surface area contributed by atoms with E-state index < -0.39 is 49.1 Å². The molecule has 1 fully saturated rings. The van der Waals surface area contributed by atoms with Crippen molar-refractivity contribution in [3.8, 4) is 11.5 Å². The molecule has 45 heavy (non-hydrogen) atoms. The number of imide groups is 1. The molecule has 0 bridgehead atoms. The van der Waals surface area contributed by atoms with E-state index in [1.165, 1.54) is 35.0 Å². The van der Waals surface area contributed by atoms with E-state index in [0.717, 1.165) is 5.01 Å². The minimum atomic E-state index is -1.72. The van der Waals surface area contributed by atoms with Gasteiger partial charge in [0.15, 0.2) is 6.23 Å². The molecule has 0 spiro atoms. The minimum Gasteiger partial charge on any atom is -0.508 e. The molecular formula is C30H26N6O9. The average molecular weight is 615 g/mol. The van der Waals surface area contributed by atoms with Crippen LogP contribution in [0.2, 0.25) is 0 Å². The number of benzene rings is 3. The first-order valence-corrected chi connectivity index (χ1v) is 14.1. The fourth-order valence-corrected chi connectivity index (χ4v) is 6.66. The van der Waals surface area contributed by atoms with Crippen LogP contribution in [-0.2, 0) is 11.3 Å². The lowest BCUT2D eigenvalue weighted by molar-refractivity contribution is -0.249. The van der Waals surface area contributed by atoms with Gasteiger partial charge in [0, 0.05) is 39.9 Å². The molecular weight excluding hydrogens is 588 g/mol. The Labute approximate surface area is 251 Å². The topological polar surface area (TPSA) is 229 Å². The maximum absolute atomic E-state index is 14.2. The summed E-state index contributed by atoms with van der Waals surface area (Å²) in [5.41, 5.74) is 4.98. The fourth-order valence-electron chi connectivity index (χ4n) is 6.66. The second-order valence-corrected chi connectivity index (χ2v) is 11.2. The lowest BCUT2D eigenvalue weighted by Gasteiger charge is -2.41. The number of fused-ring (bicyclic) bond motifs is 10. The normalized spacial score (nSPS) is 23.7. The van der Waals surface area contributed by atoms with E-state index in [9.17, 15) is 40.2 Å². The van der Waals surface area contributed by atoms with E-state index in [-0.39, 0.29) is 40.2 Å². The molecule has 3 aromatic heterocycles. The molecule has 6 aromatic rings. The van der Waals surface area contributed by atoms with Crippen LogP contribution in [0.1, 0.15) is 32.6 Å². The quantitative estimate of drug-likeness (QED) is 0.124. The summed E-state index contributed by atoms with van der Waals surface area (Å²) in [4.78, 5) is 31.6. The number of carbonyl (C=O) groups excluding carboxylic acids is 2. The number of hydrogen-bond donors (Lipinski definition) is 9. The summed E-state index contributed by atoms with van der Waals surface area (Å²) in [6.45, 7) is -0.593. The van der Waals surface area contributed by atoms with Crippen LogP contribution in [-0.4, -0.2) is 98.2 Å². The summed E-state index contributed by atoms with van der Waals surface area (Å²) in [6.07, 6.45) is -6.21. The third kappa shape index (κ3) is 3.76. The number of amides is 2. The van der Waals surface area contributed by atoms with Gasteiger partial charge < -0.3 is 44.9 Å². The molecule has 0 saturated carbocycles. The van der Waals surface area contributed by atoms with Crippen molar-refractivity contribution in [2.24, 2.45) is 0 Å². The zero-order valence-electron chi connectivity index (χ0n) is 23.2. The van der Waals surface area contributed by atoms with Crippen LogP contribution in [0.4, 0.5) is 0 Å². The minimum absolute atomic E-state index is 0.0487. The Bertz CT molecular complexity index is 2190. The number of nitrogens with zero attached hydrogens (tertiary/aromatic N) is 3. The molecule has 5 heterocycles. The van der Waals surface area contributed by atoms with Crippen LogP contribution in [0.5, 0.6) is 11.5 Å². The third-order valence-corrected chi connectivity index (χ3v) is 8.70. The lowest BCUT2D eigenvalue weighted by atomic mass is 9.96. The van der Waals surface area contributed by atoms with Gasteiger partial charge in [0.25, 0.3) is 11.8 Å². The molecule has 230 valence electrons. The molecule has 15 heteroatoms. The summed E-state index contributed by atoms with van der Waals surface area (Å²) < 4.78 is 7.45. The van der Waals surface area contributed by atoms with Crippen molar-refractivity contribution >= 4 is 55.4 Å². The molecule has 8 rings (SSSR count). The Hall–Kier alpha value is -5.03. The van der Waals surface area contributed by atoms with E-state index in [1.807, 2.05) is 0 Å². The van der Waals surface area contributed by atoms with E-state index in [4.69, 9.17) is 4.74 Å². The highest BCUT2D eigenvalue weighted by Gasteiger charge is 2.47. The summed E-state index contributed by atoms with van der Waals surface area (Å²) in [5.74, 6) is -1.49. The van der Waals surface area contributed by atoms with Crippen molar-refractivity contribution in [2.75, 3.05) is 6.61 Å². The number of carbonyl (C=O) groups is 2. The van der Waals surface area contributed by atoms with Crippen molar-refractivity contribution in [3.63, 3.8) is 0 Å². The monoisotopic (exact) mass is 614 g/mol. The summed E-state index contributed by atoms with van der Waals surface area (Å²) in [5, 5.41) is 72.4. The van der Waals surface area contributed by atoms with Gasteiger partial charge in [0.2, 0.25) is 0 Å². The number of aliphatic hydroxyl groups is 4. The molecule has 2 amide bonds. The molecule has 9 N–H and O–H groups in total. The Balaban J connectivity index is 1.49. The molecule has 5 atom stereocenters. The highest BCUT2D eigenvalue weighted by Crippen LogP contribution is 2.47. The zero-order valence-corrected chi connectivity index (χ0v) is 23.2. The van der Waals surface area contributed by atoms with Gasteiger partial charge in [-0.1, -0.05) is 0 Å². The summed E-state index contributed by atoms with van der Waals surface area (Å²) in [7, 11) is 0. The highest BCUT2D eigenvalue weighted by atomic mass is 16.6. The number of aromatic hydroxyl groups is 2. The van der Waals surface area contributed by atoms with Crippen LogP contribution in [0.15, 0.2) is 48.7 Å². The maximum Gasteiger partial charge on any atom is 0.276 e. The number of phenols is 2. The number of aliphatic hydroxyl groups excluding tert-OH is 4. The van der Waals surface area contributed by atoms with Crippen LogP contribution in [0.25, 0.3) is 43.6 Å². The average Bonchev–Trinajstić information content (AvgIpc) is 3.79. The Kier molecular flexibility index (Phi) is 5.95. The van der Waals surface area contributed by atoms with Crippen molar-refractivity contribution in [3.05, 3.63) is 65.5 Å². The van der Waals surface area contributed by atoms with Gasteiger partial charge in [-0.05, 0) is 30.3 Å². The number of ether oxygens (including phenoxy) is 1. The van der Waals surface area contributed by atoms with Gasteiger partial charge in [0.05, 0.1) is 52.0 Å². The smallest absolute Gasteiger partial charge is 0.276 e. The van der Waals surface area contributed by atoms with Gasteiger partial charge in [-0.3, -0.25) is 14.7 Å². The maximum atomic E-state index is 14.2. The summed E-state index contributed by atoms with van der Waals surface area (Å²) >= 11 is 0. The molecule has 1 saturated heterocycles. The van der Waals surface area contributed by atoms with Crippen molar-refractivity contribution in [1.82, 2.24) is 30.2 Å². The predicted octanol–water partition coefficient (Wildman–Crippen LogP) is 0.836. The third-order valence-electron chi connectivity index (χ3n) is 8.70. The van der Waals surface area contributed by atoms with Crippen molar-refractivity contribution in [2.45, 2.75) is 37.2 Å². The van der Waals surface area contributed by atoms with E-state index in [1.54, 1.807) is 18.2 Å². The molecule has 3 aromatic carbocycles. The number of phenolic OH excluding ortho intramolecular Hbond substituents is 2. The molecule has 0 radical (unpaired) electrons. The van der Waals surface area contributed by atoms with Crippen molar-refractivity contribution < 1.29 is 45.0 Å². The van der Waals surface area contributed by atoms with Gasteiger partial charge in [-0.25, -0.2) is 10.4 Å². The standard InChI is InChI=1S/C30H26N6O9/c37-10-18-25(40)26(41)27(42)30(45-18)35-17-8-13(39)2-4-15(17)20-22-21(28(43)36(29(22)44)32-9-11-5-6-31-34-11)19-14-3-1-12(38)7-16(14)33-23(19)24(20)35/h1-8,18,25-27,30,32-33,37-42H,9-10H2,(H,31,34)/t18-,25-,26+,27-,30-/m1/s1. The van der Waals surface area contributed by atoms with E-state index in [2.05, 4.69) is 20.6 Å². The Morgan fingerprint density at radius 3 is 2.31 bits per heavy atom. The Morgan fingerprint density at radius 1 is 0.889 bits per heavy atom. The lowest BCUT2D eigenvalue weighted by Crippen LogP contribution is -2.56. The van der Waals surface area contributed by atoms with E-state index in [0.29, 0.717) is 38.3 Å². The molecule has 2 aliphatic heterocycles. The van der Waals surface area contributed by atoms with Crippen LogP contribution in [0.3, 0.4) is 0 Å². The zero-order chi connectivity index (χ0) is 31.3. The number of hydrogen-bond acceptors (Lipinski definition) is 11. The number of hydrazine groups is 1. The first-order valence-electron chi connectivity index (χ1n) is 14.1. The molecule has 15 nitrogen and oxygen atoms in total. The molecule has 0 aliphatic carbocycles. The van der Waals surface area contributed by atoms with Gasteiger partial charge in [-0.15, -0.1) is 0 Å². The largest absolute Gasteiger partial charge is 0.508 e. The number of aromatic nitrogens is 4. The first kappa shape index (κ1) is 27.5. The fraction of sp³-hybridized carbons (Fsp3) is 0.233. The number of rotatable bonds is 5. The van der Waals surface area contributed by atoms with Crippen LogP contribution in [0, 0.1) is 0 Å². The highest BCUT2D eigenvalue weighted by molar-refractivity contribution is 6.39. The predicted molar refractivity (Wildman–Crippen MR) is 157 cm³/mol. The molecule has 2 aliphatic rings. The van der Waals surface area contributed by atoms with Gasteiger partial charge >= 0.3 is 0 Å². The SMILES string of the molecule is O=C1c2c(c3c4ccc(O)cc4n([C@@H]4O[C@H](CO)[C@@H](O)[C@H](O)[C@H]4O)c3c3[nH]c4cc(O)ccc4c23)C(=O)N1NCc1ccn[nH]1. The molecule has 0 unspecified atom stereocenters. The Morgan fingerprint density at radius 2 is 1.60 bits per heavy atom. The number of aromatic amines is 2. The van der Waals surface area contributed by atoms with E-state index >= 15 is 0 Å².